The molecule has 0 aromatic rings. The molecule has 0 saturated carbocycles. The second-order valence-electron chi connectivity index (χ2n) is 3.44. The first-order valence-electron chi connectivity index (χ1n) is 4.75. The van der Waals surface area contributed by atoms with Gasteiger partial charge in [0.05, 0.1) is 31.0 Å². The molecule has 5 heteroatoms. The molecule has 0 aromatic carbocycles. The molecule has 0 radical (unpaired) electrons. The van der Waals surface area contributed by atoms with Gasteiger partial charge in [-0.3, -0.25) is 0 Å². The van der Waals surface area contributed by atoms with Gasteiger partial charge in [0.1, 0.15) is 6.26 Å². The minimum absolute atomic E-state index is 0.199. The number of esters is 1. The van der Waals surface area contributed by atoms with Gasteiger partial charge in [0.2, 0.25) is 0 Å². The van der Waals surface area contributed by atoms with E-state index in [9.17, 15) is 4.79 Å². The molecular formula is C10H18O5. The van der Waals surface area contributed by atoms with Crippen molar-refractivity contribution in [3.63, 3.8) is 0 Å². The van der Waals surface area contributed by atoms with Gasteiger partial charge >= 0.3 is 5.97 Å². The van der Waals surface area contributed by atoms with Crippen LogP contribution in [0, 0.1) is 0 Å². The van der Waals surface area contributed by atoms with Crippen LogP contribution in [-0.2, 0) is 14.3 Å². The molecule has 1 aliphatic heterocycles. The Morgan fingerprint density at radius 3 is 1.87 bits per heavy atom. The van der Waals surface area contributed by atoms with Crippen LogP contribution in [0.3, 0.4) is 0 Å². The number of rotatable bonds is 4. The monoisotopic (exact) mass is 218 g/mol. The summed E-state index contributed by atoms with van der Waals surface area (Å²) in [5, 5.41) is 17.3. The maximum Gasteiger partial charge on any atom is 0.341 e. The predicted molar refractivity (Wildman–Crippen MR) is 54.0 cm³/mol. The summed E-state index contributed by atoms with van der Waals surface area (Å²) in [6, 6.07) is 0. The van der Waals surface area contributed by atoms with Crippen molar-refractivity contribution >= 4 is 5.97 Å². The summed E-state index contributed by atoms with van der Waals surface area (Å²) in [4.78, 5) is 9.94. The third-order valence-electron chi connectivity index (χ3n) is 1.38. The van der Waals surface area contributed by atoms with Gasteiger partial charge in [0, 0.05) is 0 Å². The van der Waals surface area contributed by atoms with Gasteiger partial charge in [-0.05, 0) is 20.8 Å². The average molecular weight is 218 g/mol. The predicted octanol–water partition coefficient (Wildman–Crippen LogP) is 0.212. The second kappa shape index (κ2) is 7.39. The maximum absolute atomic E-state index is 9.94. The largest absolute Gasteiger partial charge is 0.430 e. The summed E-state index contributed by atoms with van der Waals surface area (Å²) in [7, 11) is 0. The number of carbonyl (C=O) groups is 1. The van der Waals surface area contributed by atoms with Crippen LogP contribution in [0.2, 0.25) is 0 Å². The summed E-state index contributed by atoms with van der Waals surface area (Å²) in [5.41, 5.74) is 0.704. The topological polar surface area (TPSA) is 76.0 Å². The fourth-order valence-corrected chi connectivity index (χ4v) is 0.634. The van der Waals surface area contributed by atoms with Crippen LogP contribution in [0.25, 0.3) is 0 Å². The van der Waals surface area contributed by atoms with Crippen LogP contribution in [-0.4, -0.2) is 41.6 Å². The normalized spacial score (nSPS) is 17.7. The number of ether oxygens (including phenoxy) is 2. The zero-order valence-corrected chi connectivity index (χ0v) is 9.27. The first-order chi connectivity index (χ1) is 6.93. The Balaban J connectivity index is 0.000000280. The number of hydrogen-bond acceptors (Lipinski definition) is 5. The fourth-order valence-electron chi connectivity index (χ4n) is 0.634. The van der Waals surface area contributed by atoms with Crippen molar-refractivity contribution in [1.82, 2.24) is 0 Å². The Morgan fingerprint density at radius 2 is 1.73 bits per heavy atom. The highest BCUT2D eigenvalue weighted by Gasteiger charge is 2.12. The summed E-state index contributed by atoms with van der Waals surface area (Å²) in [6.45, 7) is 5.59. The van der Waals surface area contributed by atoms with Gasteiger partial charge in [0.15, 0.2) is 0 Å². The maximum atomic E-state index is 9.94. The number of aliphatic hydroxyl groups excluding tert-OH is 2. The molecule has 5 nitrogen and oxygen atoms in total. The minimum atomic E-state index is -0.441. The Bertz CT molecular complexity index is 212. The summed E-state index contributed by atoms with van der Waals surface area (Å²) < 4.78 is 9.10. The van der Waals surface area contributed by atoms with Crippen LogP contribution in [0.15, 0.2) is 11.8 Å². The molecular weight excluding hydrogens is 200 g/mol. The minimum Gasteiger partial charge on any atom is -0.430 e. The van der Waals surface area contributed by atoms with Crippen molar-refractivity contribution < 1.29 is 24.5 Å². The molecule has 2 unspecified atom stereocenters. The number of aliphatic hydroxyl groups is 2. The van der Waals surface area contributed by atoms with Crippen LogP contribution in [0.1, 0.15) is 20.8 Å². The average Bonchev–Trinajstić information content (AvgIpc) is 2.15. The van der Waals surface area contributed by atoms with Gasteiger partial charge in [0.25, 0.3) is 0 Å². The van der Waals surface area contributed by atoms with Crippen LogP contribution < -0.4 is 0 Å². The zero-order chi connectivity index (χ0) is 11.8. The van der Waals surface area contributed by atoms with Gasteiger partial charge < -0.3 is 19.7 Å². The molecule has 0 aromatic heterocycles. The Hall–Kier alpha value is -0.910. The first kappa shape index (κ1) is 14.1. The highest BCUT2D eigenvalue weighted by Crippen LogP contribution is 2.06. The quantitative estimate of drug-likeness (QED) is 0.660. The molecule has 0 bridgehead atoms. The molecule has 0 aliphatic carbocycles. The third kappa shape index (κ3) is 8.11. The highest BCUT2D eigenvalue weighted by molar-refractivity contribution is 5.92. The molecule has 2 atom stereocenters. The van der Waals surface area contributed by atoms with Crippen LogP contribution in [0.5, 0.6) is 0 Å². The van der Waals surface area contributed by atoms with E-state index in [-0.39, 0.29) is 5.97 Å². The summed E-state index contributed by atoms with van der Waals surface area (Å²) >= 11 is 0. The lowest BCUT2D eigenvalue weighted by atomic mass is 10.3. The summed E-state index contributed by atoms with van der Waals surface area (Å²) in [5.74, 6) is -0.199. The molecule has 2 N–H and O–H groups in total. The lowest BCUT2D eigenvalue weighted by Gasteiger charge is -2.06. The van der Waals surface area contributed by atoms with E-state index in [4.69, 9.17) is 14.9 Å². The van der Waals surface area contributed by atoms with E-state index in [1.165, 1.54) is 6.26 Å². The van der Waals surface area contributed by atoms with E-state index in [1.54, 1.807) is 20.8 Å². The van der Waals surface area contributed by atoms with Crippen molar-refractivity contribution in [2.24, 2.45) is 0 Å². The van der Waals surface area contributed by atoms with E-state index in [0.29, 0.717) is 18.8 Å². The Morgan fingerprint density at radius 1 is 1.33 bits per heavy atom. The molecule has 0 spiro atoms. The Labute approximate surface area is 89.3 Å². The van der Waals surface area contributed by atoms with Gasteiger partial charge in [-0.25, -0.2) is 4.79 Å². The summed E-state index contributed by atoms with van der Waals surface area (Å²) in [6.07, 6.45) is 0.551. The van der Waals surface area contributed by atoms with E-state index < -0.39 is 12.2 Å². The number of carbonyl (C=O) groups excluding carboxylic acids is 1. The first-order valence-corrected chi connectivity index (χ1v) is 4.75. The molecule has 0 amide bonds. The van der Waals surface area contributed by atoms with Crippen molar-refractivity contribution in [3.8, 4) is 0 Å². The van der Waals surface area contributed by atoms with Crippen molar-refractivity contribution in [3.05, 3.63) is 11.8 Å². The number of cyclic esters (lactones) is 1. The lowest BCUT2D eigenvalue weighted by molar-refractivity contribution is -0.138. The van der Waals surface area contributed by atoms with Crippen molar-refractivity contribution in [2.45, 2.75) is 33.0 Å². The van der Waals surface area contributed by atoms with E-state index in [1.807, 2.05) is 0 Å². The highest BCUT2D eigenvalue weighted by atomic mass is 16.5. The number of hydrogen-bond donors (Lipinski definition) is 2. The molecule has 88 valence electrons. The van der Waals surface area contributed by atoms with Crippen molar-refractivity contribution in [1.29, 1.82) is 0 Å². The van der Waals surface area contributed by atoms with Gasteiger partial charge in [-0.15, -0.1) is 0 Å². The molecule has 1 heterocycles. The smallest absolute Gasteiger partial charge is 0.341 e. The van der Waals surface area contributed by atoms with Crippen LogP contribution >= 0.6 is 0 Å². The molecule has 0 saturated heterocycles. The molecule has 15 heavy (non-hydrogen) atoms. The van der Waals surface area contributed by atoms with Gasteiger partial charge in [-0.2, -0.15) is 0 Å². The van der Waals surface area contributed by atoms with Crippen LogP contribution in [0.4, 0.5) is 0 Å². The fraction of sp³-hybridized carbons (Fsp3) is 0.700. The van der Waals surface area contributed by atoms with E-state index in [2.05, 4.69) is 4.74 Å². The molecule has 0 fully saturated rings. The van der Waals surface area contributed by atoms with E-state index >= 15 is 0 Å². The van der Waals surface area contributed by atoms with Gasteiger partial charge in [-0.1, -0.05) is 0 Å². The zero-order valence-electron chi connectivity index (χ0n) is 9.27. The lowest BCUT2D eigenvalue weighted by Crippen LogP contribution is -2.16. The third-order valence-corrected chi connectivity index (χ3v) is 1.38. The second-order valence-corrected chi connectivity index (χ2v) is 3.44. The Kier molecular flexibility index (Phi) is 6.94. The van der Waals surface area contributed by atoms with Crippen molar-refractivity contribution in [2.75, 3.05) is 13.2 Å². The molecule has 1 rings (SSSR count). The van der Waals surface area contributed by atoms with E-state index in [0.717, 1.165) is 0 Å². The molecule has 1 aliphatic rings. The standard InChI is InChI=1S/C6H14O3.C4H4O2/c1-5(7)3-9-4-6(2)8;1-3-2-6-4(3)5/h5-8H,3-4H2,1-2H3;2H,1H3. The SMILES string of the molecule is CC(O)COCC(C)O.CC1=COC1=O.